The van der Waals surface area contributed by atoms with E-state index in [1.165, 1.54) is 84.2 Å². The highest BCUT2D eigenvalue weighted by Gasteiger charge is 2.19. The first-order valence-electron chi connectivity index (χ1n) is 9.40. The predicted molar refractivity (Wildman–Crippen MR) is 94.9 cm³/mol. The molecule has 0 aliphatic carbocycles. The SMILES string of the molecule is CCCCCCCCCCCCCC[N+](C)(C)CC(=O)OC. The minimum Gasteiger partial charge on any atom is -0.465 e. The molecule has 0 amide bonds. The highest BCUT2D eigenvalue weighted by Crippen LogP contribution is 2.12. The Morgan fingerprint density at radius 1 is 0.773 bits per heavy atom. The van der Waals surface area contributed by atoms with Gasteiger partial charge in [0, 0.05) is 0 Å². The van der Waals surface area contributed by atoms with E-state index >= 15 is 0 Å². The summed E-state index contributed by atoms with van der Waals surface area (Å²) in [6.45, 7) is 3.82. The molecule has 3 nitrogen and oxygen atoms in total. The average Bonchev–Trinajstić information content (AvgIpc) is 2.47. The van der Waals surface area contributed by atoms with Crippen LogP contribution in [0.1, 0.15) is 84.0 Å². The van der Waals surface area contributed by atoms with Crippen LogP contribution in [0.25, 0.3) is 0 Å². The first kappa shape index (κ1) is 21.4. The number of quaternary nitrogens is 1. The molecule has 0 N–H and O–H groups in total. The molecule has 0 aromatic carbocycles. The molecule has 3 heteroatoms. The Morgan fingerprint density at radius 3 is 1.59 bits per heavy atom. The molecule has 0 saturated heterocycles. The van der Waals surface area contributed by atoms with Crippen molar-refractivity contribution in [2.75, 3.05) is 34.3 Å². The standard InChI is InChI=1S/C19H40NO2/c1-5-6-7-8-9-10-11-12-13-14-15-16-17-20(2,3)18-19(21)22-4/h5-18H2,1-4H3/q+1. The van der Waals surface area contributed by atoms with Crippen LogP contribution in [0.2, 0.25) is 0 Å². The Hall–Kier alpha value is -0.570. The summed E-state index contributed by atoms with van der Waals surface area (Å²) >= 11 is 0. The summed E-state index contributed by atoms with van der Waals surface area (Å²) in [6.07, 6.45) is 16.5. The van der Waals surface area contributed by atoms with Gasteiger partial charge in [-0.2, -0.15) is 0 Å². The first-order valence-corrected chi connectivity index (χ1v) is 9.40. The third-order valence-electron chi connectivity index (χ3n) is 4.40. The Kier molecular flexibility index (Phi) is 13.7. The van der Waals surface area contributed by atoms with Gasteiger partial charge in [0.2, 0.25) is 0 Å². The highest BCUT2D eigenvalue weighted by molar-refractivity contribution is 5.70. The average molecular weight is 315 g/mol. The number of methoxy groups -OCH3 is 1. The van der Waals surface area contributed by atoms with Crippen molar-refractivity contribution in [3.8, 4) is 0 Å². The van der Waals surface area contributed by atoms with Crippen molar-refractivity contribution in [1.29, 1.82) is 0 Å². The molecule has 0 aliphatic heterocycles. The fraction of sp³-hybridized carbons (Fsp3) is 0.947. The molecule has 0 heterocycles. The number of hydrogen-bond donors (Lipinski definition) is 0. The van der Waals surface area contributed by atoms with E-state index < -0.39 is 0 Å². The molecule has 0 saturated carbocycles. The molecule has 0 aromatic heterocycles. The lowest BCUT2D eigenvalue weighted by Crippen LogP contribution is -2.44. The van der Waals surface area contributed by atoms with Crippen LogP contribution in [0, 0.1) is 0 Å². The van der Waals surface area contributed by atoms with Crippen molar-refractivity contribution in [3.05, 3.63) is 0 Å². The molecule has 132 valence electrons. The molecule has 0 aromatic rings. The van der Waals surface area contributed by atoms with Gasteiger partial charge in [0.15, 0.2) is 6.54 Å². The fourth-order valence-electron chi connectivity index (χ4n) is 2.87. The molecule has 0 radical (unpaired) electrons. The highest BCUT2D eigenvalue weighted by atomic mass is 16.5. The zero-order valence-electron chi connectivity index (χ0n) is 15.7. The Morgan fingerprint density at radius 2 is 1.18 bits per heavy atom. The van der Waals surface area contributed by atoms with Crippen molar-refractivity contribution in [2.45, 2.75) is 84.0 Å². The summed E-state index contributed by atoms with van der Waals surface area (Å²) in [7, 11) is 5.68. The maximum atomic E-state index is 11.3. The maximum Gasteiger partial charge on any atom is 0.361 e. The second kappa shape index (κ2) is 14.0. The largest absolute Gasteiger partial charge is 0.465 e. The van der Waals surface area contributed by atoms with Gasteiger partial charge in [-0.25, -0.2) is 4.79 Å². The molecule has 0 unspecified atom stereocenters. The van der Waals surface area contributed by atoms with Gasteiger partial charge >= 0.3 is 5.97 Å². The van der Waals surface area contributed by atoms with E-state index in [4.69, 9.17) is 4.74 Å². The lowest BCUT2D eigenvalue weighted by Gasteiger charge is -2.28. The smallest absolute Gasteiger partial charge is 0.361 e. The summed E-state index contributed by atoms with van der Waals surface area (Å²) in [5, 5.41) is 0. The van der Waals surface area contributed by atoms with Crippen LogP contribution < -0.4 is 0 Å². The molecule has 0 rings (SSSR count). The number of carbonyl (C=O) groups excluding carboxylic acids is 1. The van der Waals surface area contributed by atoms with E-state index in [1.807, 2.05) is 0 Å². The van der Waals surface area contributed by atoms with Gasteiger partial charge in [0.05, 0.1) is 27.7 Å². The van der Waals surface area contributed by atoms with Gasteiger partial charge in [0.1, 0.15) is 0 Å². The predicted octanol–water partition coefficient (Wildman–Crippen LogP) is 4.94. The first-order chi connectivity index (χ1) is 10.5. The van der Waals surface area contributed by atoms with Gasteiger partial charge in [0.25, 0.3) is 0 Å². The molecule has 22 heavy (non-hydrogen) atoms. The number of rotatable bonds is 15. The second-order valence-corrected chi connectivity index (χ2v) is 7.28. The lowest BCUT2D eigenvalue weighted by molar-refractivity contribution is -0.883. The van der Waals surface area contributed by atoms with Crippen LogP contribution >= 0.6 is 0 Å². The lowest BCUT2D eigenvalue weighted by atomic mass is 10.1. The van der Waals surface area contributed by atoms with Crippen LogP contribution in [0.15, 0.2) is 0 Å². The van der Waals surface area contributed by atoms with Crippen LogP contribution in [0.3, 0.4) is 0 Å². The Bertz CT molecular complexity index is 264. The molecule has 0 spiro atoms. The molecular formula is C19H40NO2+. The number of unbranched alkanes of at least 4 members (excludes halogenated alkanes) is 11. The van der Waals surface area contributed by atoms with Gasteiger partial charge in [-0.1, -0.05) is 71.1 Å². The van der Waals surface area contributed by atoms with Crippen molar-refractivity contribution in [1.82, 2.24) is 0 Å². The van der Waals surface area contributed by atoms with Gasteiger partial charge < -0.3 is 9.22 Å². The van der Waals surface area contributed by atoms with Crippen LogP contribution in [-0.2, 0) is 9.53 Å². The number of esters is 1. The minimum atomic E-state index is -0.107. The Labute approximate surface area is 139 Å². The van der Waals surface area contributed by atoms with Gasteiger partial charge in [-0.15, -0.1) is 0 Å². The zero-order chi connectivity index (χ0) is 16.7. The molecule has 0 aliphatic rings. The van der Waals surface area contributed by atoms with E-state index in [2.05, 4.69) is 21.0 Å². The summed E-state index contributed by atoms with van der Waals surface area (Å²) in [5.41, 5.74) is 0. The molecule has 0 fully saturated rings. The van der Waals surface area contributed by atoms with Crippen LogP contribution in [-0.4, -0.2) is 44.7 Å². The maximum absolute atomic E-state index is 11.3. The Balaban J connectivity index is 3.31. The van der Waals surface area contributed by atoms with E-state index in [0.717, 1.165) is 11.0 Å². The zero-order valence-corrected chi connectivity index (χ0v) is 15.7. The van der Waals surface area contributed by atoms with Crippen LogP contribution in [0.4, 0.5) is 0 Å². The normalized spacial score (nSPS) is 11.6. The number of nitrogens with zero attached hydrogens (tertiary/aromatic N) is 1. The monoisotopic (exact) mass is 314 g/mol. The van der Waals surface area contributed by atoms with E-state index in [0.29, 0.717) is 6.54 Å². The number of carbonyl (C=O) groups is 1. The van der Waals surface area contributed by atoms with Gasteiger partial charge in [-0.3, -0.25) is 0 Å². The van der Waals surface area contributed by atoms with Crippen molar-refractivity contribution in [3.63, 3.8) is 0 Å². The topological polar surface area (TPSA) is 26.3 Å². The van der Waals surface area contributed by atoms with E-state index in [-0.39, 0.29) is 5.97 Å². The van der Waals surface area contributed by atoms with Gasteiger partial charge in [-0.05, 0) is 12.8 Å². The fourth-order valence-corrected chi connectivity index (χ4v) is 2.87. The van der Waals surface area contributed by atoms with Crippen molar-refractivity contribution < 1.29 is 14.0 Å². The summed E-state index contributed by atoms with van der Waals surface area (Å²) < 4.78 is 5.49. The molecule has 0 bridgehead atoms. The summed E-state index contributed by atoms with van der Waals surface area (Å²) in [6, 6.07) is 0. The third kappa shape index (κ3) is 14.4. The van der Waals surface area contributed by atoms with Crippen LogP contribution in [0.5, 0.6) is 0 Å². The number of likely N-dealkylation sites (N-methyl/N-ethyl adjacent to an activating group) is 1. The summed E-state index contributed by atoms with van der Waals surface area (Å²) in [5.74, 6) is -0.107. The number of ether oxygens (including phenoxy) is 1. The third-order valence-corrected chi connectivity index (χ3v) is 4.40. The number of hydrogen-bond acceptors (Lipinski definition) is 2. The molecule has 0 atom stereocenters. The van der Waals surface area contributed by atoms with E-state index in [1.54, 1.807) is 0 Å². The minimum absolute atomic E-state index is 0.107. The van der Waals surface area contributed by atoms with E-state index in [9.17, 15) is 4.79 Å². The molecular weight excluding hydrogens is 274 g/mol. The quantitative estimate of drug-likeness (QED) is 0.243. The second-order valence-electron chi connectivity index (χ2n) is 7.28. The van der Waals surface area contributed by atoms with Crippen molar-refractivity contribution >= 4 is 5.97 Å². The summed E-state index contributed by atoms with van der Waals surface area (Å²) in [4.78, 5) is 11.3. The van der Waals surface area contributed by atoms with Crippen molar-refractivity contribution in [2.24, 2.45) is 0 Å².